The smallest absolute Gasteiger partial charge is 0.320 e. The number of carboxylic acids is 1. The zero-order chi connectivity index (χ0) is 19.7. The van der Waals surface area contributed by atoms with Gasteiger partial charge in [0.05, 0.1) is 6.04 Å². The molecule has 0 spiro atoms. The Morgan fingerprint density at radius 2 is 1.64 bits per heavy atom. The van der Waals surface area contributed by atoms with Gasteiger partial charge in [0.1, 0.15) is 6.04 Å². The summed E-state index contributed by atoms with van der Waals surface area (Å²) in [7, 11) is 0. The zero-order valence-corrected chi connectivity index (χ0v) is 16.5. The molecule has 0 saturated carbocycles. The summed E-state index contributed by atoms with van der Waals surface area (Å²) < 4.78 is 0. The number of carboxylic acid groups (broad SMARTS) is 1. The van der Waals surface area contributed by atoms with Crippen LogP contribution in [0.4, 0.5) is 0 Å². The first-order chi connectivity index (χ1) is 13.6. The maximum Gasteiger partial charge on any atom is 0.320 e. The molecule has 1 saturated heterocycles. The summed E-state index contributed by atoms with van der Waals surface area (Å²) in [6.07, 6.45) is 1.63. The molecule has 0 aromatic heterocycles. The average Bonchev–Trinajstić information content (AvgIpc) is 3.18. The van der Waals surface area contributed by atoms with E-state index < -0.39 is 12.0 Å². The van der Waals surface area contributed by atoms with Crippen LogP contribution in [0.1, 0.15) is 55.3 Å². The van der Waals surface area contributed by atoms with Crippen molar-refractivity contribution in [2.45, 2.75) is 44.7 Å². The van der Waals surface area contributed by atoms with E-state index >= 15 is 0 Å². The van der Waals surface area contributed by atoms with Crippen molar-refractivity contribution < 1.29 is 9.90 Å². The molecular formula is C25H27NO2. The fraction of sp³-hybridized carbons (Fsp3) is 0.320. The first kappa shape index (κ1) is 18.7. The van der Waals surface area contributed by atoms with E-state index in [-0.39, 0.29) is 6.04 Å². The van der Waals surface area contributed by atoms with E-state index in [1.165, 1.54) is 21.9 Å². The predicted molar refractivity (Wildman–Crippen MR) is 114 cm³/mol. The van der Waals surface area contributed by atoms with Crippen LogP contribution in [0.15, 0.2) is 66.7 Å². The Balaban J connectivity index is 1.87. The molecule has 0 aliphatic carbocycles. The van der Waals surface area contributed by atoms with Crippen LogP contribution in [-0.4, -0.2) is 28.6 Å². The molecule has 3 aromatic rings. The lowest BCUT2D eigenvalue weighted by Gasteiger charge is -2.33. The number of hydrogen-bond acceptors (Lipinski definition) is 2. The minimum Gasteiger partial charge on any atom is -0.480 e. The monoisotopic (exact) mass is 373 g/mol. The third kappa shape index (κ3) is 3.43. The molecule has 1 N–H and O–H groups in total. The molecule has 3 aromatic carbocycles. The van der Waals surface area contributed by atoms with Crippen molar-refractivity contribution in [2.24, 2.45) is 0 Å². The van der Waals surface area contributed by atoms with Crippen molar-refractivity contribution in [3.05, 3.63) is 83.4 Å². The first-order valence-electron chi connectivity index (χ1n) is 10.1. The molecule has 1 heterocycles. The summed E-state index contributed by atoms with van der Waals surface area (Å²) >= 11 is 0. The van der Waals surface area contributed by atoms with Crippen molar-refractivity contribution in [2.75, 3.05) is 6.54 Å². The van der Waals surface area contributed by atoms with Gasteiger partial charge in [-0.3, -0.25) is 9.69 Å². The Labute approximate surface area is 166 Å². The summed E-state index contributed by atoms with van der Waals surface area (Å²) in [6, 6.07) is 23.0. The molecule has 3 nitrogen and oxygen atoms in total. The summed E-state index contributed by atoms with van der Waals surface area (Å²) in [5.74, 6) is -0.245. The van der Waals surface area contributed by atoms with Crippen molar-refractivity contribution in [1.29, 1.82) is 0 Å². The second-order valence-electron chi connectivity index (χ2n) is 8.03. The highest BCUT2D eigenvalue weighted by Crippen LogP contribution is 2.38. The van der Waals surface area contributed by atoms with Crippen LogP contribution in [0.3, 0.4) is 0 Å². The highest BCUT2D eigenvalue weighted by atomic mass is 16.4. The normalized spacial score (nSPS) is 18.6. The van der Waals surface area contributed by atoms with Gasteiger partial charge in [0.25, 0.3) is 0 Å². The van der Waals surface area contributed by atoms with Gasteiger partial charge in [-0.2, -0.15) is 0 Å². The quantitative estimate of drug-likeness (QED) is 0.633. The van der Waals surface area contributed by atoms with Gasteiger partial charge in [0, 0.05) is 6.54 Å². The van der Waals surface area contributed by atoms with E-state index in [1.807, 2.05) is 0 Å². The minimum atomic E-state index is -0.721. The van der Waals surface area contributed by atoms with E-state index in [4.69, 9.17) is 0 Å². The third-order valence-corrected chi connectivity index (χ3v) is 5.95. The number of rotatable bonds is 5. The van der Waals surface area contributed by atoms with Crippen LogP contribution >= 0.6 is 0 Å². The summed E-state index contributed by atoms with van der Waals surface area (Å²) in [4.78, 5) is 14.1. The van der Waals surface area contributed by atoms with Crippen LogP contribution in [-0.2, 0) is 4.79 Å². The van der Waals surface area contributed by atoms with Gasteiger partial charge >= 0.3 is 5.97 Å². The SMILES string of the molecule is CC(C)c1ccc(C(c2cccc3ccccc23)N2CCCC2C(=O)O)cc1. The van der Waals surface area contributed by atoms with Gasteiger partial charge in [0.15, 0.2) is 0 Å². The van der Waals surface area contributed by atoms with Crippen molar-refractivity contribution in [1.82, 2.24) is 4.90 Å². The lowest BCUT2D eigenvalue weighted by molar-refractivity contribution is -0.142. The number of likely N-dealkylation sites (tertiary alicyclic amines) is 1. The molecule has 0 amide bonds. The van der Waals surface area contributed by atoms with Crippen molar-refractivity contribution in [3.8, 4) is 0 Å². The van der Waals surface area contributed by atoms with Gasteiger partial charge in [-0.1, -0.05) is 80.6 Å². The molecule has 2 atom stereocenters. The number of carbonyl (C=O) groups is 1. The van der Waals surface area contributed by atoms with Crippen molar-refractivity contribution >= 4 is 16.7 Å². The molecule has 0 bridgehead atoms. The maximum absolute atomic E-state index is 11.9. The Morgan fingerprint density at radius 3 is 2.36 bits per heavy atom. The molecule has 3 heteroatoms. The van der Waals surface area contributed by atoms with E-state index in [0.29, 0.717) is 12.3 Å². The number of hydrogen-bond donors (Lipinski definition) is 1. The highest BCUT2D eigenvalue weighted by Gasteiger charge is 2.37. The van der Waals surface area contributed by atoms with E-state index in [2.05, 4.69) is 85.5 Å². The molecule has 0 radical (unpaired) electrons. The molecule has 2 unspecified atom stereocenters. The lowest BCUT2D eigenvalue weighted by atomic mass is 9.90. The average molecular weight is 373 g/mol. The predicted octanol–water partition coefficient (Wildman–Crippen LogP) is 5.60. The van der Waals surface area contributed by atoms with Crippen LogP contribution < -0.4 is 0 Å². The highest BCUT2D eigenvalue weighted by molar-refractivity contribution is 5.86. The standard InChI is InChI=1S/C25H27NO2/c1-17(2)18-12-14-20(15-13-18)24(26-16-6-11-23(26)25(27)28)22-10-5-8-19-7-3-4-9-21(19)22/h3-5,7-10,12-15,17,23-24H,6,11,16H2,1-2H3,(H,27,28). The lowest BCUT2D eigenvalue weighted by Crippen LogP contribution is -2.39. The third-order valence-electron chi connectivity index (χ3n) is 5.95. The van der Waals surface area contributed by atoms with Gasteiger partial charge in [-0.25, -0.2) is 0 Å². The van der Waals surface area contributed by atoms with Crippen LogP contribution in [0.5, 0.6) is 0 Å². The molecule has 4 rings (SSSR count). The molecule has 1 aliphatic heterocycles. The molecule has 1 fully saturated rings. The number of nitrogens with zero attached hydrogens (tertiary/aromatic N) is 1. The molecule has 28 heavy (non-hydrogen) atoms. The van der Waals surface area contributed by atoms with Crippen LogP contribution in [0.2, 0.25) is 0 Å². The van der Waals surface area contributed by atoms with Crippen molar-refractivity contribution in [3.63, 3.8) is 0 Å². The summed E-state index contributed by atoms with van der Waals surface area (Å²) in [5.41, 5.74) is 3.65. The zero-order valence-electron chi connectivity index (χ0n) is 16.5. The minimum absolute atomic E-state index is 0.0593. The van der Waals surface area contributed by atoms with Crippen LogP contribution in [0, 0.1) is 0 Å². The Morgan fingerprint density at radius 1 is 0.964 bits per heavy atom. The van der Waals surface area contributed by atoms with Gasteiger partial charge in [-0.05, 0) is 46.2 Å². The topological polar surface area (TPSA) is 40.5 Å². The molecule has 1 aliphatic rings. The van der Waals surface area contributed by atoms with Gasteiger partial charge in [0.2, 0.25) is 0 Å². The van der Waals surface area contributed by atoms with E-state index in [9.17, 15) is 9.90 Å². The fourth-order valence-corrected chi connectivity index (χ4v) is 4.47. The maximum atomic E-state index is 11.9. The van der Waals surface area contributed by atoms with E-state index in [1.54, 1.807) is 0 Å². The Kier molecular flexibility index (Phi) is 5.19. The largest absolute Gasteiger partial charge is 0.480 e. The molecule has 144 valence electrons. The van der Waals surface area contributed by atoms with E-state index in [0.717, 1.165) is 18.5 Å². The van der Waals surface area contributed by atoms with Crippen LogP contribution in [0.25, 0.3) is 10.8 Å². The second kappa shape index (κ2) is 7.76. The summed E-state index contributed by atoms with van der Waals surface area (Å²) in [5, 5.41) is 12.2. The number of fused-ring (bicyclic) bond motifs is 1. The number of aliphatic carboxylic acids is 1. The number of benzene rings is 3. The molecular weight excluding hydrogens is 346 g/mol. The first-order valence-corrected chi connectivity index (χ1v) is 10.1. The summed E-state index contributed by atoms with van der Waals surface area (Å²) in [6.45, 7) is 5.19. The Bertz CT molecular complexity index is 972. The van der Waals surface area contributed by atoms with Gasteiger partial charge in [-0.15, -0.1) is 0 Å². The van der Waals surface area contributed by atoms with Gasteiger partial charge < -0.3 is 5.11 Å². The second-order valence-corrected chi connectivity index (χ2v) is 8.03. The fourth-order valence-electron chi connectivity index (χ4n) is 4.47. The Hall–Kier alpha value is -2.65.